The first-order chi connectivity index (χ1) is 15.2. The average molecular weight is 426 g/mol. The maximum atomic E-state index is 12.8. The predicted octanol–water partition coefficient (Wildman–Crippen LogP) is 2.31. The number of carbonyl (C=O) groups is 2. The maximum absolute atomic E-state index is 12.8. The van der Waals surface area contributed by atoms with E-state index >= 15 is 0 Å². The summed E-state index contributed by atoms with van der Waals surface area (Å²) < 4.78 is 0. The normalized spacial score (nSPS) is 21.8. The molecule has 1 aromatic rings. The predicted molar refractivity (Wildman–Crippen MR) is 123 cm³/mol. The lowest BCUT2D eigenvalue weighted by Crippen LogP contribution is -2.46. The molecule has 7 heteroatoms. The van der Waals surface area contributed by atoms with Crippen LogP contribution in [0.5, 0.6) is 0 Å². The number of amides is 2. The van der Waals surface area contributed by atoms with Crippen LogP contribution in [-0.4, -0.2) is 61.4 Å². The zero-order valence-electron chi connectivity index (χ0n) is 18.6. The van der Waals surface area contributed by atoms with Crippen molar-refractivity contribution in [2.24, 2.45) is 10.9 Å². The highest BCUT2D eigenvalue weighted by atomic mass is 16.2. The molecule has 2 amide bonds. The number of aliphatic imine (C=N–C) groups is 1. The lowest BCUT2D eigenvalue weighted by molar-refractivity contribution is -0.135. The standard InChI is InChI=1S/C24H35N5O2/c1-2-25-24(26-16-22(30)29-15-12-18-8-6-7-11-21(18)29)27-20-13-14-28(17-20)23(31)19-9-4-3-5-10-19/h6-8,11,19-20H,2-5,9-10,12-17H2,1H3,(H2,25,26,27). The first-order valence-electron chi connectivity index (χ1n) is 11.9. The molecule has 3 aliphatic rings. The highest BCUT2D eigenvalue weighted by Gasteiger charge is 2.32. The zero-order chi connectivity index (χ0) is 21.6. The molecule has 2 N–H and O–H groups in total. The van der Waals surface area contributed by atoms with Crippen LogP contribution in [0.2, 0.25) is 0 Å². The Labute approximate surface area is 185 Å². The van der Waals surface area contributed by atoms with E-state index in [4.69, 9.17) is 0 Å². The molecule has 0 bridgehead atoms. The van der Waals surface area contributed by atoms with Crippen LogP contribution in [0.4, 0.5) is 5.69 Å². The number of hydrogen-bond acceptors (Lipinski definition) is 3. The summed E-state index contributed by atoms with van der Waals surface area (Å²) in [5.41, 5.74) is 2.23. The number of nitrogens with zero attached hydrogens (tertiary/aromatic N) is 3. The first-order valence-corrected chi connectivity index (χ1v) is 11.9. The van der Waals surface area contributed by atoms with Gasteiger partial charge in [-0.1, -0.05) is 37.5 Å². The van der Waals surface area contributed by atoms with Gasteiger partial charge in [-0.3, -0.25) is 9.59 Å². The maximum Gasteiger partial charge on any atom is 0.248 e. The van der Waals surface area contributed by atoms with Crippen molar-refractivity contribution in [1.29, 1.82) is 0 Å². The van der Waals surface area contributed by atoms with Crippen molar-refractivity contribution in [3.8, 4) is 0 Å². The Morgan fingerprint density at radius 2 is 1.90 bits per heavy atom. The van der Waals surface area contributed by atoms with Crippen LogP contribution < -0.4 is 15.5 Å². The summed E-state index contributed by atoms with van der Waals surface area (Å²) in [5, 5.41) is 6.69. The number of anilines is 1. The summed E-state index contributed by atoms with van der Waals surface area (Å²) >= 11 is 0. The molecule has 1 aliphatic carbocycles. The molecule has 1 saturated carbocycles. The average Bonchev–Trinajstić information content (AvgIpc) is 3.45. The van der Waals surface area contributed by atoms with Crippen LogP contribution in [0, 0.1) is 5.92 Å². The van der Waals surface area contributed by atoms with Gasteiger partial charge >= 0.3 is 0 Å². The molecule has 2 fully saturated rings. The van der Waals surface area contributed by atoms with Gasteiger partial charge in [-0.15, -0.1) is 0 Å². The number of nitrogens with one attached hydrogen (secondary N) is 2. The zero-order valence-corrected chi connectivity index (χ0v) is 18.6. The van der Waals surface area contributed by atoms with Crippen molar-refractivity contribution in [2.75, 3.05) is 37.6 Å². The second kappa shape index (κ2) is 10.2. The molecule has 1 atom stereocenters. The molecule has 0 spiro atoms. The minimum atomic E-state index is 0.0164. The molecular formula is C24H35N5O2. The van der Waals surface area contributed by atoms with E-state index in [0.29, 0.717) is 18.4 Å². The van der Waals surface area contributed by atoms with Crippen LogP contribution in [0.25, 0.3) is 0 Å². The van der Waals surface area contributed by atoms with Gasteiger partial charge < -0.3 is 20.4 Å². The third-order valence-corrected chi connectivity index (χ3v) is 6.70. The largest absolute Gasteiger partial charge is 0.357 e. The molecule has 7 nitrogen and oxygen atoms in total. The molecule has 1 saturated heterocycles. The summed E-state index contributed by atoms with van der Waals surface area (Å²) in [4.78, 5) is 34.0. The Hall–Kier alpha value is -2.57. The van der Waals surface area contributed by atoms with Gasteiger partial charge in [0.2, 0.25) is 11.8 Å². The fourth-order valence-electron chi connectivity index (χ4n) is 5.03. The van der Waals surface area contributed by atoms with Crippen molar-refractivity contribution < 1.29 is 9.59 Å². The van der Waals surface area contributed by atoms with Gasteiger partial charge in [0.25, 0.3) is 0 Å². The number of rotatable bonds is 5. The Morgan fingerprint density at radius 1 is 1.10 bits per heavy atom. The number of hydrogen-bond donors (Lipinski definition) is 2. The number of fused-ring (bicyclic) bond motifs is 1. The first kappa shape index (κ1) is 21.7. The van der Waals surface area contributed by atoms with E-state index in [1.165, 1.54) is 24.8 Å². The van der Waals surface area contributed by atoms with E-state index in [0.717, 1.165) is 51.0 Å². The summed E-state index contributed by atoms with van der Waals surface area (Å²) in [6.07, 6.45) is 7.52. The lowest BCUT2D eigenvalue weighted by atomic mass is 9.88. The summed E-state index contributed by atoms with van der Waals surface area (Å²) in [7, 11) is 0. The van der Waals surface area contributed by atoms with Crippen LogP contribution in [0.1, 0.15) is 51.0 Å². The molecule has 1 aromatic carbocycles. The van der Waals surface area contributed by atoms with E-state index in [-0.39, 0.29) is 24.4 Å². The Morgan fingerprint density at radius 3 is 2.71 bits per heavy atom. The smallest absolute Gasteiger partial charge is 0.248 e. The minimum absolute atomic E-state index is 0.0164. The molecule has 2 heterocycles. The third-order valence-electron chi connectivity index (χ3n) is 6.70. The van der Waals surface area contributed by atoms with Crippen molar-refractivity contribution >= 4 is 23.5 Å². The van der Waals surface area contributed by atoms with Gasteiger partial charge in [-0.2, -0.15) is 0 Å². The fourth-order valence-corrected chi connectivity index (χ4v) is 5.03. The monoisotopic (exact) mass is 425 g/mol. The molecule has 2 aliphatic heterocycles. The molecule has 168 valence electrons. The van der Waals surface area contributed by atoms with Crippen LogP contribution >= 0.6 is 0 Å². The molecular weight excluding hydrogens is 390 g/mol. The lowest BCUT2D eigenvalue weighted by Gasteiger charge is -2.26. The van der Waals surface area contributed by atoms with Gasteiger partial charge in [-0.25, -0.2) is 4.99 Å². The van der Waals surface area contributed by atoms with Gasteiger partial charge in [0, 0.05) is 43.8 Å². The van der Waals surface area contributed by atoms with Gasteiger partial charge in [-0.05, 0) is 44.2 Å². The van der Waals surface area contributed by atoms with E-state index in [1.54, 1.807) is 0 Å². The molecule has 1 unspecified atom stereocenters. The van der Waals surface area contributed by atoms with Gasteiger partial charge in [0.15, 0.2) is 5.96 Å². The van der Waals surface area contributed by atoms with Gasteiger partial charge in [0.1, 0.15) is 6.54 Å². The van der Waals surface area contributed by atoms with E-state index in [9.17, 15) is 9.59 Å². The van der Waals surface area contributed by atoms with E-state index in [1.807, 2.05) is 34.9 Å². The molecule has 0 radical (unpaired) electrons. The van der Waals surface area contributed by atoms with Crippen molar-refractivity contribution in [2.45, 2.75) is 57.9 Å². The third kappa shape index (κ3) is 5.20. The van der Waals surface area contributed by atoms with E-state index in [2.05, 4.69) is 21.7 Å². The summed E-state index contributed by atoms with van der Waals surface area (Å²) in [6.45, 7) is 5.09. The van der Waals surface area contributed by atoms with Crippen molar-refractivity contribution in [1.82, 2.24) is 15.5 Å². The van der Waals surface area contributed by atoms with Crippen molar-refractivity contribution in [3.63, 3.8) is 0 Å². The van der Waals surface area contributed by atoms with Crippen molar-refractivity contribution in [3.05, 3.63) is 29.8 Å². The van der Waals surface area contributed by atoms with Crippen LogP contribution in [-0.2, 0) is 16.0 Å². The second-order valence-electron chi connectivity index (χ2n) is 8.87. The molecule has 4 rings (SSSR count). The SMILES string of the molecule is CCNC(=NCC(=O)N1CCc2ccccc21)NC1CCN(C(=O)C2CCCCC2)C1. The van der Waals surface area contributed by atoms with Gasteiger partial charge in [0.05, 0.1) is 0 Å². The number of benzene rings is 1. The minimum Gasteiger partial charge on any atom is -0.357 e. The summed E-state index contributed by atoms with van der Waals surface area (Å²) in [5.74, 6) is 1.21. The number of carbonyl (C=O) groups excluding carboxylic acids is 2. The molecule has 0 aromatic heterocycles. The quantitative estimate of drug-likeness (QED) is 0.561. The van der Waals surface area contributed by atoms with Crippen LogP contribution in [0.3, 0.4) is 0 Å². The van der Waals surface area contributed by atoms with Crippen LogP contribution in [0.15, 0.2) is 29.3 Å². The highest BCUT2D eigenvalue weighted by molar-refractivity contribution is 5.98. The van der Waals surface area contributed by atoms with E-state index < -0.39 is 0 Å². The number of likely N-dealkylation sites (tertiary alicyclic amines) is 1. The molecule has 31 heavy (non-hydrogen) atoms. The summed E-state index contributed by atoms with van der Waals surface area (Å²) in [6, 6.07) is 8.25. The topological polar surface area (TPSA) is 77.0 Å². The Balaban J connectivity index is 1.31. The second-order valence-corrected chi connectivity index (χ2v) is 8.87. The Bertz CT molecular complexity index is 818. The Kier molecular flexibility index (Phi) is 7.10. The number of para-hydroxylation sites is 1. The number of guanidine groups is 1. The fraction of sp³-hybridized carbons (Fsp3) is 0.625. The highest BCUT2D eigenvalue weighted by Crippen LogP contribution is 2.28.